The lowest BCUT2D eigenvalue weighted by molar-refractivity contribution is 0.364. The van der Waals surface area contributed by atoms with Gasteiger partial charge in [-0.25, -0.2) is 0 Å². The maximum absolute atomic E-state index is 4.44. The van der Waals surface area contributed by atoms with E-state index >= 15 is 0 Å². The third-order valence-electron chi connectivity index (χ3n) is 3.92. The third kappa shape index (κ3) is 1.75. The van der Waals surface area contributed by atoms with E-state index in [0.717, 1.165) is 32.0 Å². The maximum atomic E-state index is 4.44. The van der Waals surface area contributed by atoms with Crippen LogP contribution in [0, 0.1) is 5.92 Å². The molecule has 4 nitrogen and oxygen atoms in total. The number of aryl methyl sites for hydroxylation is 1. The molecule has 1 fully saturated rings. The summed E-state index contributed by atoms with van der Waals surface area (Å²) < 4.78 is 2.39. The minimum Gasteiger partial charge on any atom is -0.317 e. The van der Waals surface area contributed by atoms with E-state index in [2.05, 4.69) is 27.0 Å². The summed E-state index contributed by atoms with van der Waals surface area (Å²) in [6.07, 6.45) is 4.81. The van der Waals surface area contributed by atoms with Crippen LogP contribution >= 0.6 is 0 Å². The topological polar surface area (TPSA) is 42.7 Å². The Balaban J connectivity index is 1.86. The number of hydrogen-bond donors (Lipinski definition) is 1. The van der Waals surface area contributed by atoms with E-state index < -0.39 is 0 Å². The number of nitrogens with one attached hydrogen (secondary N) is 1. The first kappa shape index (κ1) is 10.3. The highest BCUT2D eigenvalue weighted by Gasteiger charge is 2.26. The Morgan fingerprint density at radius 2 is 2.00 bits per heavy atom. The molecule has 88 valence electrons. The van der Waals surface area contributed by atoms with Gasteiger partial charge in [-0.2, -0.15) is 0 Å². The molecule has 2 aliphatic heterocycles. The zero-order valence-electron chi connectivity index (χ0n) is 9.95. The zero-order chi connectivity index (χ0) is 11.0. The van der Waals surface area contributed by atoms with Gasteiger partial charge in [-0.1, -0.05) is 6.92 Å². The SMILES string of the molecule is CC1CCc2nnc(C3CCNCC3)n2C1. The van der Waals surface area contributed by atoms with Crippen LogP contribution in [0.5, 0.6) is 0 Å². The third-order valence-corrected chi connectivity index (χ3v) is 3.92. The van der Waals surface area contributed by atoms with Crippen molar-refractivity contribution in [2.45, 2.75) is 45.1 Å². The predicted molar refractivity (Wildman–Crippen MR) is 62.4 cm³/mol. The summed E-state index contributed by atoms with van der Waals surface area (Å²) in [6.45, 7) is 5.71. The van der Waals surface area contributed by atoms with Crippen LogP contribution in [0.3, 0.4) is 0 Å². The smallest absolute Gasteiger partial charge is 0.136 e. The van der Waals surface area contributed by atoms with Crippen LogP contribution in [0.4, 0.5) is 0 Å². The molecular formula is C12H20N4. The maximum Gasteiger partial charge on any atom is 0.136 e. The molecule has 4 heteroatoms. The van der Waals surface area contributed by atoms with Crippen molar-refractivity contribution < 1.29 is 0 Å². The molecule has 1 aromatic rings. The quantitative estimate of drug-likeness (QED) is 0.776. The molecule has 16 heavy (non-hydrogen) atoms. The predicted octanol–water partition coefficient (Wildman–Crippen LogP) is 1.33. The monoisotopic (exact) mass is 220 g/mol. The Bertz CT molecular complexity index is 365. The van der Waals surface area contributed by atoms with Crippen molar-refractivity contribution in [1.82, 2.24) is 20.1 Å². The summed E-state index contributed by atoms with van der Waals surface area (Å²) in [5.74, 6) is 3.88. The van der Waals surface area contributed by atoms with Crippen molar-refractivity contribution in [3.63, 3.8) is 0 Å². The first-order valence-corrected chi connectivity index (χ1v) is 6.47. The summed E-state index contributed by atoms with van der Waals surface area (Å²) >= 11 is 0. The number of rotatable bonds is 1. The summed E-state index contributed by atoms with van der Waals surface area (Å²) in [5.41, 5.74) is 0. The number of fused-ring (bicyclic) bond motifs is 1. The molecule has 0 radical (unpaired) electrons. The van der Waals surface area contributed by atoms with Gasteiger partial charge in [0.05, 0.1) is 0 Å². The highest BCUT2D eigenvalue weighted by atomic mass is 15.3. The molecule has 0 aliphatic carbocycles. The average Bonchev–Trinajstić information content (AvgIpc) is 2.73. The number of nitrogens with zero attached hydrogens (tertiary/aromatic N) is 3. The van der Waals surface area contributed by atoms with Crippen LogP contribution in [0.2, 0.25) is 0 Å². The van der Waals surface area contributed by atoms with E-state index in [4.69, 9.17) is 0 Å². The summed E-state index contributed by atoms with van der Waals surface area (Å²) in [4.78, 5) is 0. The Labute approximate surface area is 96.4 Å². The van der Waals surface area contributed by atoms with Crippen LogP contribution in [0.25, 0.3) is 0 Å². The van der Waals surface area contributed by atoms with Crippen molar-refractivity contribution in [2.75, 3.05) is 13.1 Å². The van der Waals surface area contributed by atoms with E-state index in [1.165, 1.54) is 30.9 Å². The van der Waals surface area contributed by atoms with Gasteiger partial charge in [0.25, 0.3) is 0 Å². The van der Waals surface area contributed by atoms with E-state index in [-0.39, 0.29) is 0 Å². The first-order chi connectivity index (χ1) is 7.84. The van der Waals surface area contributed by atoms with Gasteiger partial charge >= 0.3 is 0 Å². The first-order valence-electron chi connectivity index (χ1n) is 6.47. The van der Waals surface area contributed by atoms with Gasteiger partial charge in [0.2, 0.25) is 0 Å². The molecule has 1 atom stereocenters. The second-order valence-electron chi connectivity index (χ2n) is 5.25. The second kappa shape index (κ2) is 4.17. The fourth-order valence-electron chi connectivity index (χ4n) is 2.89. The average molecular weight is 220 g/mol. The van der Waals surface area contributed by atoms with Gasteiger partial charge in [0.1, 0.15) is 11.6 Å². The molecule has 0 bridgehead atoms. The lowest BCUT2D eigenvalue weighted by Gasteiger charge is -2.26. The molecule has 3 rings (SSSR count). The molecule has 1 unspecified atom stereocenters. The molecule has 0 spiro atoms. The van der Waals surface area contributed by atoms with Crippen LogP contribution in [-0.4, -0.2) is 27.9 Å². The fourth-order valence-corrected chi connectivity index (χ4v) is 2.89. The van der Waals surface area contributed by atoms with Crippen molar-refractivity contribution in [3.05, 3.63) is 11.6 Å². The molecule has 0 amide bonds. The molecule has 0 aromatic carbocycles. The van der Waals surface area contributed by atoms with E-state index in [1.54, 1.807) is 0 Å². The Morgan fingerprint density at radius 3 is 2.81 bits per heavy atom. The number of hydrogen-bond acceptors (Lipinski definition) is 3. The molecule has 0 saturated carbocycles. The highest BCUT2D eigenvalue weighted by molar-refractivity contribution is 5.06. The van der Waals surface area contributed by atoms with Gasteiger partial charge in [-0.15, -0.1) is 10.2 Å². The number of piperidine rings is 1. The lowest BCUT2D eigenvalue weighted by Crippen LogP contribution is -2.29. The van der Waals surface area contributed by atoms with Crippen LogP contribution in [-0.2, 0) is 13.0 Å². The molecular weight excluding hydrogens is 200 g/mol. The zero-order valence-corrected chi connectivity index (χ0v) is 9.95. The molecule has 1 saturated heterocycles. The van der Waals surface area contributed by atoms with E-state index in [0.29, 0.717) is 5.92 Å². The molecule has 3 heterocycles. The minimum atomic E-state index is 0.632. The Kier molecular flexibility index (Phi) is 2.67. The second-order valence-corrected chi connectivity index (χ2v) is 5.25. The Hall–Kier alpha value is -0.900. The van der Waals surface area contributed by atoms with Crippen molar-refractivity contribution in [2.24, 2.45) is 5.92 Å². The standard InChI is InChI=1S/C12H20N4/c1-9-2-3-11-14-15-12(16(11)8-9)10-4-6-13-7-5-10/h9-10,13H,2-8H2,1H3. The molecule has 1 N–H and O–H groups in total. The van der Waals surface area contributed by atoms with Crippen LogP contribution in [0.1, 0.15) is 43.8 Å². The van der Waals surface area contributed by atoms with Crippen LogP contribution < -0.4 is 5.32 Å². The van der Waals surface area contributed by atoms with E-state index in [1.807, 2.05) is 0 Å². The minimum absolute atomic E-state index is 0.632. The summed E-state index contributed by atoms with van der Waals surface area (Å²) in [7, 11) is 0. The van der Waals surface area contributed by atoms with Gasteiger partial charge in [0.15, 0.2) is 0 Å². The summed E-state index contributed by atoms with van der Waals surface area (Å²) in [5, 5.41) is 12.2. The largest absolute Gasteiger partial charge is 0.317 e. The normalized spacial score (nSPS) is 26.7. The van der Waals surface area contributed by atoms with Crippen molar-refractivity contribution >= 4 is 0 Å². The van der Waals surface area contributed by atoms with Gasteiger partial charge in [0, 0.05) is 18.9 Å². The van der Waals surface area contributed by atoms with Crippen molar-refractivity contribution in [3.8, 4) is 0 Å². The summed E-state index contributed by atoms with van der Waals surface area (Å²) in [6, 6.07) is 0. The highest BCUT2D eigenvalue weighted by Crippen LogP contribution is 2.28. The number of aromatic nitrogens is 3. The van der Waals surface area contributed by atoms with Gasteiger partial charge < -0.3 is 9.88 Å². The van der Waals surface area contributed by atoms with Crippen molar-refractivity contribution in [1.29, 1.82) is 0 Å². The van der Waals surface area contributed by atoms with Crippen LogP contribution in [0.15, 0.2) is 0 Å². The lowest BCUT2D eigenvalue weighted by atomic mass is 9.95. The molecule has 1 aromatic heterocycles. The fraction of sp³-hybridized carbons (Fsp3) is 0.833. The van der Waals surface area contributed by atoms with E-state index in [9.17, 15) is 0 Å². The Morgan fingerprint density at radius 1 is 1.19 bits per heavy atom. The van der Waals surface area contributed by atoms with Gasteiger partial charge in [-0.05, 0) is 38.3 Å². The molecule has 2 aliphatic rings. The van der Waals surface area contributed by atoms with Gasteiger partial charge in [-0.3, -0.25) is 0 Å².